The van der Waals surface area contributed by atoms with E-state index in [4.69, 9.17) is 4.52 Å². The summed E-state index contributed by atoms with van der Waals surface area (Å²) in [5.41, 5.74) is 3.42. The Morgan fingerprint density at radius 3 is 2.96 bits per heavy atom. The number of rotatable bonds is 5. The molecule has 6 nitrogen and oxygen atoms in total. The van der Waals surface area contributed by atoms with Crippen LogP contribution in [-0.2, 0) is 13.1 Å². The van der Waals surface area contributed by atoms with Gasteiger partial charge in [-0.15, -0.1) is 0 Å². The number of nitrogens with zero attached hydrogens (tertiary/aromatic N) is 4. The van der Waals surface area contributed by atoms with Crippen LogP contribution in [0.15, 0.2) is 34.9 Å². The third-order valence-electron chi connectivity index (χ3n) is 4.93. The van der Waals surface area contributed by atoms with E-state index in [0.29, 0.717) is 11.9 Å². The first kappa shape index (κ1) is 17.1. The first-order chi connectivity index (χ1) is 12.7. The van der Waals surface area contributed by atoms with Crippen LogP contribution in [0.25, 0.3) is 10.9 Å². The summed E-state index contributed by atoms with van der Waals surface area (Å²) in [5, 5.41) is 8.92. The van der Waals surface area contributed by atoms with Crippen LogP contribution in [0, 0.1) is 13.8 Å². The lowest BCUT2D eigenvalue weighted by molar-refractivity contribution is 0.177. The van der Waals surface area contributed by atoms with Gasteiger partial charge in [0.25, 0.3) is 0 Å². The predicted octanol–water partition coefficient (Wildman–Crippen LogP) is 2.99. The van der Waals surface area contributed by atoms with E-state index in [1.54, 1.807) is 0 Å². The molecule has 1 saturated heterocycles. The SMILES string of the molecule is Cc1ccc2cc(CNC3CCCN(Cc4noc(C)n4)C3)ccc2n1. The first-order valence-corrected chi connectivity index (χ1v) is 9.27. The molecule has 0 saturated carbocycles. The highest BCUT2D eigenvalue weighted by Gasteiger charge is 2.21. The van der Waals surface area contributed by atoms with Crippen LogP contribution >= 0.6 is 0 Å². The molecule has 1 fully saturated rings. The summed E-state index contributed by atoms with van der Waals surface area (Å²) >= 11 is 0. The number of aryl methyl sites for hydroxylation is 2. The minimum Gasteiger partial charge on any atom is -0.340 e. The lowest BCUT2D eigenvalue weighted by Crippen LogP contribution is -2.45. The van der Waals surface area contributed by atoms with Gasteiger partial charge in [0.1, 0.15) is 0 Å². The average molecular weight is 351 g/mol. The van der Waals surface area contributed by atoms with Crippen LogP contribution in [0.5, 0.6) is 0 Å². The maximum absolute atomic E-state index is 5.07. The second-order valence-corrected chi connectivity index (χ2v) is 7.16. The Bertz CT molecular complexity index is 891. The van der Waals surface area contributed by atoms with E-state index >= 15 is 0 Å². The summed E-state index contributed by atoms with van der Waals surface area (Å²) in [6.07, 6.45) is 2.39. The largest absolute Gasteiger partial charge is 0.340 e. The lowest BCUT2D eigenvalue weighted by Gasteiger charge is -2.32. The molecule has 0 aliphatic carbocycles. The number of benzene rings is 1. The van der Waals surface area contributed by atoms with Crippen molar-refractivity contribution in [3.63, 3.8) is 0 Å². The highest BCUT2D eigenvalue weighted by molar-refractivity contribution is 5.79. The molecule has 1 aromatic carbocycles. The van der Waals surface area contributed by atoms with Crippen molar-refractivity contribution in [3.05, 3.63) is 53.3 Å². The van der Waals surface area contributed by atoms with Gasteiger partial charge >= 0.3 is 0 Å². The number of likely N-dealkylation sites (tertiary alicyclic amines) is 1. The lowest BCUT2D eigenvalue weighted by atomic mass is 10.0. The molecule has 0 bridgehead atoms. The summed E-state index contributed by atoms with van der Waals surface area (Å²) < 4.78 is 5.07. The molecule has 2 aromatic heterocycles. The molecular formula is C20H25N5O. The first-order valence-electron chi connectivity index (χ1n) is 9.27. The fourth-order valence-corrected chi connectivity index (χ4v) is 3.62. The van der Waals surface area contributed by atoms with Crippen molar-refractivity contribution in [3.8, 4) is 0 Å². The number of nitrogens with one attached hydrogen (secondary N) is 1. The van der Waals surface area contributed by atoms with Crippen LogP contribution in [0.4, 0.5) is 0 Å². The maximum Gasteiger partial charge on any atom is 0.223 e. The Morgan fingerprint density at radius 1 is 1.19 bits per heavy atom. The fourth-order valence-electron chi connectivity index (χ4n) is 3.62. The molecule has 1 unspecified atom stereocenters. The van der Waals surface area contributed by atoms with Gasteiger partial charge in [-0.05, 0) is 50.1 Å². The molecule has 3 aromatic rings. The number of pyridine rings is 1. The van der Waals surface area contributed by atoms with Crippen LogP contribution in [0.3, 0.4) is 0 Å². The number of fused-ring (bicyclic) bond motifs is 1. The third kappa shape index (κ3) is 4.08. The molecule has 0 amide bonds. The van der Waals surface area contributed by atoms with Gasteiger partial charge in [-0.3, -0.25) is 9.88 Å². The zero-order chi connectivity index (χ0) is 17.9. The normalized spacial score (nSPS) is 18.5. The van der Waals surface area contributed by atoms with E-state index in [0.717, 1.165) is 43.2 Å². The van der Waals surface area contributed by atoms with Crippen molar-refractivity contribution in [2.24, 2.45) is 0 Å². The van der Waals surface area contributed by atoms with Crippen molar-refractivity contribution < 1.29 is 4.52 Å². The fraction of sp³-hybridized carbons (Fsp3) is 0.450. The van der Waals surface area contributed by atoms with Gasteiger partial charge in [0.05, 0.1) is 12.1 Å². The predicted molar refractivity (Wildman–Crippen MR) is 101 cm³/mol. The zero-order valence-corrected chi connectivity index (χ0v) is 15.4. The monoisotopic (exact) mass is 351 g/mol. The minimum absolute atomic E-state index is 0.489. The van der Waals surface area contributed by atoms with Crippen LogP contribution in [-0.4, -0.2) is 39.2 Å². The molecule has 1 aliphatic heterocycles. The Kier molecular flexibility index (Phi) is 4.95. The van der Waals surface area contributed by atoms with Crippen molar-refractivity contribution in [1.29, 1.82) is 0 Å². The number of hydrogen-bond donors (Lipinski definition) is 1. The van der Waals surface area contributed by atoms with E-state index < -0.39 is 0 Å². The van der Waals surface area contributed by atoms with Crippen molar-refractivity contribution in [1.82, 2.24) is 25.3 Å². The van der Waals surface area contributed by atoms with Gasteiger partial charge in [-0.1, -0.05) is 17.3 Å². The molecule has 0 radical (unpaired) electrons. The molecule has 26 heavy (non-hydrogen) atoms. The van der Waals surface area contributed by atoms with E-state index in [1.165, 1.54) is 23.8 Å². The van der Waals surface area contributed by atoms with Crippen molar-refractivity contribution in [2.45, 2.75) is 45.8 Å². The topological polar surface area (TPSA) is 67.1 Å². The summed E-state index contributed by atoms with van der Waals surface area (Å²) in [7, 11) is 0. The van der Waals surface area contributed by atoms with E-state index in [9.17, 15) is 0 Å². The average Bonchev–Trinajstić information content (AvgIpc) is 3.05. The number of piperidine rings is 1. The van der Waals surface area contributed by atoms with Crippen LogP contribution in [0.2, 0.25) is 0 Å². The quantitative estimate of drug-likeness (QED) is 0.762. The molecule has 136 valence electrons. The molecule has 6 heteroatoms. The minimum atomic E-state index is 0.489. The maximum atomic E-state index is 5.07. The van der Waals surface area contributed by atoms with Gasteiger partial charge in [0, 0.05) is 37.1 Å². The van der Waals surface area contributed by atoms with E-state index in [1.807, 2.05) is 13.8 Å². The molecule has 1 N–H and O–H groups in total. The third-order valence-corrected chi connectivity index (χ3v) is 4.93. The Balaban J connectivity index is 1.34. The van der Waals surface area contributed by atoms with Gasteiger partial charge < -0.3 is 9.84 Å². The Labute approximate surface area is 153 Å². The van der Waals surface area contributed by atoms with Gasteiger partial charge in [-0.2, -0.15) is 4.98 Å². The number of hydrogen-bond acceptors (Lipinski definition) is 6. The molecule has 0 spiro atoms. The molecule has 1 atom stereocenters. The molecule has 4 rings (SSSR count). The van der Waals surface area contributed by atoms with Gasteiger partial charge in [0.2, 0.25) is 5.89 Å². The summed E-state index contributed by atoms with van der Waals surface area (Å²) in [5.74, 6) is 1.41. The number of aromatic nitrogens is 3. The summed E-state index contributed by atoms with van der Waals surface area (Å²) in [6, 6.07) is 11.2. The van der Waals surface area contributed by atoms with Gasteiger partial charge in [-0.25, -0.2) is 0 Å². The highest BCUT2D eigenvalue weighted by atomic mass is 16.5. The van der Waals surface area contributed by atoms with Crippen LogP contribution < -0.4 is 5.32 Å². The van der Waals surface area contributed by atoms with Crippen LogP contribution in [0.1, 0.15) is 35.8 Å². The standard InChI is InChI=1S/C20H25N5O/c1-14-5-7-17-10-16(6-8-19(17)22-14)11-21-18-4-3-9-25(12-18)13-20-23-15(2)26-24-20/h5-8,10,18,21H,3-4,9,11-13H2,1-2H3. The Morgan fingerprint density at radius 2 is 2.12 bits per heavy atom. The molecule has 1 aliphatic rings. The smallest absolute Gasteiger partial charge is 0.223 e. The van der Waals surface area contributed by atoms with E-state index in [-0.39, 0.29) is 0 Å². The zero-order valence-electron chi connectivity index (χ0n) is 15.4. The second kappa shape index (κ2) is 7.51. The Hall–Kier alpha value is -2.31. The molecule has 3 heterocycles. The molecular weight excluding hydrogens is 326 g/mol. The van der Waals surface area contributed by atoms with Crippen molar-refractivity contribution >= 4 is 10.9 Å². The van der Waals surface area contributed by atoms with Crippen molar-refractivity contribution in [2.75, 3.05) is 13.1 Å². The van der Waals surface area contributed by atoms with E-state index in [2.05, 4.69) is 55.7 Å². The van der Waals surface area contributed by atoms with Gasteiger partial charge in [0.15, 0.2) is 5.82 Å². The highest BCUT2D eigenvalue weighted by Crippen LogP contribution is 2.16. The summed E-state index contributed by atoms with van der Waals surface area (Å²) in [6.45, 7) is 7.60. The summed E-state index contributed by atoms with van der Waals surface area (Å²) in [4.78, 5) is 11.3. The second-order valence-electron chi connectivity index (χ2n) is 7.16.